The molecule has 3 aromatic rings. The largest absolute Gasteiger partial charge is 0.497 e. The third-order valence-electron chi connectivity index (χ3n) is 7.34. The van der Waals surface area contributed by atoms with Crippen LogP contribution in [0.5, 0.6) is 11.5 Å². The Labute approximate surface area is 219 Å². The molecule has 2 aliphatic rings. The minimum Gasteiger partial charge on any atom is -0.497 e. The Kier molecular flexibility index (Phi) is 6.11. The number of Topliss-reactive ketones (excluding diaryl/α,β-unsaturated/α-hetero) is 1. The molecule has 38 heavy (non-hydrogen) atoms. The number of aliphatic hydroxyl groups is 1. The summed E-state index contributed by atoms with van der Waals surface area (Å²) in [5.41, 5.74) is 0.308. The van der Waals surface area contributed by atoms with Gasteiger partial charge in [-0.3, -0.25) is 14.5 Å². The Morgan fingerprint density at radius 2 is 1.89 bits per heavy atom. The van der Waals surface area contributed by atoms with E-state index in [-0.39, 0.29) is 35.8 Å². The maximum atomic E-state index is 14.0. The Morgan fingerprint density at radius 1 is 1.13 bits per heavy atom. The number of carboxylic acids is 1. The summed E-state index contributed by atoms with van der Waals surface area (Å²) in [5.74, 6) is -1.90. The van der Waals surface area contributed by atoms with Crippen molar-refractivity contribution in [3.05, 3.63) is 77.0 Å². The molecule has 1 aliphatic carbocycles. The molecule has 2 atom stereocenters. The summed E-state index contributed by atoms with van der Waals surface area (Å²) in [7, 11) is 4.87. The lowest BCUT2D eigenvalue weighted by atomic mass is 9.90. The van der Waals surface area contributed by atoms with Crippen LogP contribution < -0.4 is 9.47 Å². The van der Waals surface area contributed by atoms with Crippen molar-refractivity contribution >= 4 is 34.3 Å². The fourth-order valence-corrected chi connectivity index (χ4v) is 5.30. The molecule has 2 heterocycles. The highest BCUT2D eigenvalue weighted by Gasteiger charge is 2.49. The summed E-state index contributed by atoms with van der Waals surface area (Å²) in [5, 5.41) is 22.4. The van der Waals surface area contributed by atoms with E-state index in [1.54, 1.807) is 18.2 Å². The number of aryl methyl sites for hydroxylation is 1. The van der Waals surface area contributed by atoms with E-state index in [1.807, 2.05) is 42.9 Å². The number of rotatable bonds is 5. The maximum absolute atomic E-state index is 14.0. The standard InChI is InChI=1S/C29H28N2O7/c1-16-11-24(32)20-7-9-29(36,28(34)35)31(26(33)13-18-5-6-19(37-3)14-25(18)38-4)27(20)22-12-17-8-10-30(2)23(17)15-21(16)22/h5-10,12,14-16,36H,11,13H2,1-4H3,(H,34,35). The Balaban J connectivity index is 1.72. The van der Waals surface area contributed by atoms with Gasteiger partial charge >= 0.3 is 5.97 Å². The Hall–Kier alpha value is -4.37. The summed E-state index contributed by atoms with van der Waals surface area (Å²) >= 11 is 0. The van der Waals surface area contributed by atoms with Gasteiger partial charge in [-0.05, 0) is 47.9 Å². The van der Waals surface area contributed by atoms with Crippen molar-refractivity contribution in [2.24, 2.45) is 7.05 Å². The highest BCUT2D eigenvalue weighted by Crippen LogP contribution is 2.44. The summed E-state index contributed by atoms with van der Waals surface area (Å²) in [4.78, 5) is 40.6. The molecular weight excluding hydrogens is 488 g/mol. The molecule has 0 spiro atoms. The van der Waals surface area contributed by atoms with E-state index >= 15 is 0 Å². The molecule has 0 fully saturated rings. The first-order chi connectivity index (χ1) is 18.1. The predicted molar refractivity (Wildman–Crippen MR) is 140 cm³/mol. The predicted octanol–water partition coefficient (Wildman–Crippen LogP) is 3.40. The number of allylic oxidation sites excluding steroid dienone is 2. The first-order valence-electron chi connectivity index (χ1n) is 12.1. The second-order valence-electron chi connectivity index (χ2n) is 9.66. The molecule has 2 aromatic carbocycles. The maximum Gasteiger partial charge on any atom is 0.362 e. The van der Waals surface area contributed by atoms with Crippen molar-refractivity contribution in [2.75, 3.05) is 14.2 Å². The van der Waals surface area contributed by atoms with E-state index in [2.05, 4.69) is 0 Å². The zero-order valence-electron chi connectivity index (χ0n) is 21.5. The zero-order chi connectivity index (χ0) is 27.4. The molecule has 9 heteroatoms. The van der Waals surface area contributed by atoms with E-state index in [0.717, 1.165) is 27.4 Å². The molecule has 9 nitrogen and oxygen atoms in total. The van der Waals surface area contributed by atoms with Crippen LogP contribution in [0.2, 0.25) is 0 Å². The van der Waals surface area contributed by atoms with Gasteiger partial charge in [0.05, 0.1) is 26.3 Å². The molecule has 2 unspecified atom stereocenters. The highest BCUT2D eigenvalue weighted by atomic mass is 16.5. The van der Waals surface area contributed by atoms with Crippen molar-refractivity contribution in [1.29, 1.82) is 0 Å². The van der Waals surface area contributed by atoms with Crippen molar-refractivity contribution < 1.29 is 34.1 Å². The van der Waals surface area contributed by atoms with Crippen LogP contribution in [0, 0.1) is 0 Å². The monoisotopic (exact) mass is 516 g/mol. The third kappa shape index (κ3) is 3.86. The number of ether oxygens (including phenoxy) is 2. The summed E-state index contributed by atoms with van der Waals surface area (Å²) in [6, 6.07) is 10.6. The van der Waals surface area contributed by atoms with E-state index in [4.69, 9.17) is 9.47 Å². The van der Waals surface area contributed by atoms with Crippen LogP contribution in [0.25, 0.3) is 16.6 Å². The SMILES string of the molecule is COc1ccc(CC(=O)N2C3=C(C=CC2(O)C(=O)O)C(=O)CC(C)c2cc4c(ccn4C)cc23)c(OC)c1. The highest BCUT2D eigenvalue weighted by molar-refractivity contribution is 6.12. The van der Waals surface area contributed by atoms with Gasteiger partial charge in [-0.2, -0.15) is 0 Å². The second-order valence-corrected chi connectivity index (χ2v) is 9.66. The molecule has 0 radical (unpaired) electrons. The average Bonchev–Trinajstić information content (AvgIpc) is 3.22. The smallest absolute Gasteiger partial charge is 0.362 e. The number of methoxy groups -OCH3 is 2. The van der Waals surface area contributed by atoms with Gasteiger partial charge in [-0.25, -0.2) is 4.79 Å². The number of aromatic nitrogens is 1. The van der Waals surface area contributed by atoms with Crippen molar-refractivity contribution in [3.63, 3.8) is 0 Å². The quantitative estimate of drug-likeness (QED) is 0.534. The minimum atomic E-state index is -2.70. The molecule has 1 amide bonds. The number of ketones is 1. The van der Waals surface area contributed by atoms with Crippen LogP contribution >= 0.6 is 0 Å². The Bertz CT molecular complexity index is 1560. The molecule has 0 bridgehead atoms. The van der Waals surface area contributed by atoms with Gasteiger partial charge < -0.3 is 24.3 Å². The lowest BCUT2D eigenvalue weighted by molar-refractivity contribution is -0.172. The molecule has 0 saturated heterocycles. The number of benzene rings is 2. The van der Waals surface area contributed by atoms with Gasteiger partial charge in [0.1, 0.15) is 11.5 Å². The first kappa shape index (κ1) is 25.3. The van der Waals surface area contributed by atoms with E-state index < -0.39 is 17.6 Å². The molecule has 0 saturated carbocycles. The van der Waals surface area contributed by atoms with Crippen molar-refractivity contribution in [3.8, 4) is 11.5 Å². The van der Waals surface area contributed by atoms with Gasteiger partial charge in [0.2, 0.25) is 5.91 Å². The van der Waals surface area contributed by atoms with Gasteiger partial charge in [-0.1, -0.05) is 13.0 Å². The minimum absolute atomic E-state index is 0.0879. The van der Waals surface area contributed by atoms with Crippen LogP contribution in [0.4, 0.5) is 0 Å². The van der Waals surface area contributed by atoms with Crippen molar-refractivity contribution in [1.82, 2.24) is 9.47 Å². The number of aliphatic carboxylic acids is 1. The third-order valence-corrected chi connectivity index (χ3v) is 7.34. The lowest BCUT2D eigenvalue weighted by Gasteiger charge is -2.39. The number of carbonyl (C=O) groups excluding carboxylic acids is 2. The number of carboxylic acid groups (broad SMARTS) is 1. The number of fused-ring (bicyclic) bond motifs is 3. The zero-order valence-corrected chi connectivity index (χ0v) is 21.5. The number of carbonyl (C=O) groups is 3. The fraction of sp³-hybridized carbons (Fsp3) is 0.276. The Morgan fingerprint density at radius 3 is 2.58 bits per heavy atom. The van der Waals surface area contributed by atoms with Crippen molar-refractivity contribution in [2.45, 2.75) is 31.4 Å². The van der Waals surface area contributed by atoms with Gasteiger partial charge in [-0.15, -0.1) is 0 Å². The molecule has 1 aliphatic heterocycles. The normalized spacial score (nSPS) is 20.7. The molecule has 196 valence electrons. The van der Waals surface area contributed by atoms with Gasteiger partial charge in [0.25, 0.3) is 5.72 Å². The van der Waals surface area contributed by atoms with E-state index in [0.29, 0.717) is 22.6 Å². The lowest BCUT2D eigenvalue weighted by Crippen LogP contribution is -2.57. The average molecular weight is 517 g/mol. The van der Waals surface area contributed by atoms with Gasteiger partial charge in [0, 0.05) is 53.3 Å². The fourth-order valence-electron chi connectivity index (χ4n) is 5.30. The number of nitrogens with zero attached hydrogens (tertiary/aromatic N) is 2. The topological polar surface area (TPSA) is 118 Å². The van der Waals surface area contributed by atoms with E-state index in [9.17, 15) is 24.6 Å². The summed E-state index contributed by atoms with van der Waals surface area (Å²) in [6.07, 6.45) is 4.10. The number of hydrogen-bond donors (Lipinski definition) is 2. The second kappa shape index (κ2) is 9.18. The van der Waals surface area contributed by atoms with Crippen LogP contribution in [-0.4, -0.2) is 57.3 Å². The number of hydrogen-bond acceptors (Lipinski definition) is 6. The number of amides is 1. The molecular formula is C29H28N2O7. The van der Waals surface area contributed by atoms with E-state index in [1.165, 1.54) is 20.3 Å². The molecule has 1 aromatic heterocycles. The van der Waals surface area contributed by atoms with Gasteiger partial charge in [0.15, 0.2) is 5.78 Å². The van der Waals surface area contributed by atoms with Crippen LogP contribution in [0.15, 0.2) is 60.3 Å². The summed E-state index contributed by atoms with van der Waals surface area (Å²) < 4.78 is 12.6. The van der Waals surface area contributed by atoms with Crippen LogP contribution in [-0.2, 0) is 27.9 Å². The van der Waals surface area contributed by atoms with Crippen LogP contribution in [0.1, 0.15) is 36.0 Å². The summed E-state index contributed by atoms with van der Waals surface area (Å²) in [6.45, 7) is 1.92. The first-order valence-corrected chi connectivity index (χ1v) is 12.1. The molecule has 2 N–H and O–H groups in total. The van der Waals surface area contributed by atoms with Crippen LogP contribution in [0.3, 0.4) is 0 Å². The molecule has 5 rings (SSSR count).